The van der Waals surface area contributed by atoms with Crippen LogP contribution in [-0.4, -0.2) is 24.2 Å². The van der Waals surface area contributed by atoms with Gasteiger partial charge in [-0.15, -0.1) is 0 Å². The first-order valence-electron chi connectivity index (χ1n) is 20.5. The molecule has 58 heavy (non-hydrogen) atoms. The highest BCUT2D eigenvalue weighted by Crippen LogP contribution is 2.39. The summed E-state index contributed by atoms with van der Waals surface area (Å²) in [7, 11) is 0. The Morgan fingerprint density at radius 2 is 0.603 bits per heavy atom. The molecule has 0 radical (unpaired) electrons. The van der Waals surface area contributed by atoms with Crippen molar-refractivity contribution in [2.45, 2.75) is 20.8 Å². The topological polar surface area (TPSA) is 14.7 Å². The molecule has 0 saturated heterocycles. The van der Waals surface area contributed by atoms with Gasteiger partial charge in [0.2, 0.25) is 0 Å². The van der Waals surface area contributed by atoms with Crippen LogP contribution in [0.2, 0.25) is 0 Å². The lowest BCUT2D eigenvalue weighted by Crippen LogP contribution is -2.15. The minimum atomic E-state index is 0.887. The van der Waals surface area contributed by atoms with E-state index in [9.17, 15) is 0 Å². The second-order valence-electron chi connectivity index (χ2n) is 14.6. The average molecular weight is 753 g/mol. The number of aromatic nitrogens is 1. The number of hydrogen-bond donors (Lipinski definition) is 0. The van der Waals surface area contributed by atoms with Crippen LogP contribution in [0.3, 0.4) is 0 Å². The first-order chi connectivity index (χ1) is 28.6. The van der Waals surface area contributed by atoms with Crippen LogP contribution in [0, 0.1) is 0 Å². The van der Waals surface area contributed by atoms with Crippen LogP contribution < -0.4 is 14.7 Å². The normalized spacial score (nSPS) is 11.2. The van der Waals surface area contributed by atoms with Gasteiger partial charge in [-0.2, -0.15) is 0 Å². The highest BCUT2D eigenvalue weighted by molar-refractivity contribution is 6.11. The Morgan fingerprint density at radius 1 is 0.310 bits per heavy atom. The Balaban J connectivity index is 1.12. The quantitative estimate of drug-likeness (QED) is 0.123. The van der Waals surface area contributed by atoms with E-state index < -0.39 is 0 Å². The molecule has 284 valence electrons. The summed E-state index contributed by atoms with van der Waals surface area (Å²) in [4.78, 5) is 7.05. The van der Waals surface area contributed by atoms with E-state index in [1.807, 2.05) is 0 Å². The van der Waals surface area contributed by atoms with Gasteiger partial charge in [-0.3, -0.25) is 0 Å². The molecule has 0 bridgehead atoms. The Labute approximate surface area is 342 Å². The van der Waals surface area contributed by atoms with E-state index in [0.29, 0.717) is 0 Å². The van der Waals surface area contributed by atoms with Gasteiger partial charge in [0, 0.05) is 70.2 Å². The van der Waals surface area contributed by atoms with Gasteiger partial charge in [0.1, 0.15) is 0 Å². The minimum Gasteiger partial charge on any atom is -0.342 e. The Morgan fingerprint density at radius 3 is 0.931 bits per heavy atom. The van der Waals surface area contributed by atoms with Gasteiger partial charge < -0.3 is 19.3 Å². The van der Waals surface area contributed by atoms with E-state index in [2.05, 4.69) is 240 Å². The molecule has 0 fully saturated rings. The number of anilines is 6. The average Bonchev–Trinajstić information content (AvgIpc) is 3.62. The molecular weight excluding hydrogens is 705 g/mol. The van der Waals surface area contributed by atoms with Gasteiger partial charge in [0.25, 0.3) is 0 Å². The number of nitrogens with zero attached hydrogens (tertiary/aromatic N) is 4. The van der Waals surface area contributed by atoms with E-state index in [1.165, 1.54) is 78.2 Å². The molecule has 0 aliphatic carbocycles. The van der Waals surface area contributed by atoms with Gasteiger partial charge in [-0.05, 0) is 152 Å². The SMILES string of the molecule is CCN(c1ccccc1)c1ccc(-c2ccc3c(c2)c2cc(-c4ccc(N(CC)c5ccccc5)cc4)ccc2n3-c2ccc(N(CC)c3ccccc3)cc2)cc1. The van der Waals surface area contributed by atoms with Gasteiger partial charge in [0.15, 0.2) is 0 Å². The molecule has 0 amide bonds. The molecular formula is C54H48N4. The monoisotopic (exact) mass is 752 g/mol. The molecule has 0 spiro atoms. The zero-order valence-electron chi connectivity index (χ0n) is 33.5. The summed E-state index contributed by atoms with van der Waals surface area (Å²) in [5, 5.41) is 2.47. The fourth-order valence-corrected chi connectivity index (χ4v) is 8.48. The lowest BCUT2D eigenvalue weighted by Gasteiger charge is -2.23. The van der Waals surface area contributed by atoms with E-state index in [4.69, 9.17) is 0 Å². The summed E-state index contributed by atoms with van der Waals surface area (Å²) < 4.78 is 2.42. The smallest absolute Gasteiger partial charge is 0.0541 e. The maximum atomic E-state index is 2.42. The maximum absolute atomic E-state index is 2.42. The van der Waals surface area contributed by atoms with E-state index in [-0.39, 0.29) is 0 Å². The van der Waals surface area contributed by atoms with Gasteiger partial charge >= 0.3 is 0 Å². The van der Waals surface area contributed by atoms with Crippen molar-refractivity contribution < 1.29 is 0 Å². The van der Waals surface area contributed by atoms with Crippen LogP contribution in [0.1, 0.15) is 20.8 Å². The number of benzene rings is 8. The second-order valence-corrected chi connectivity index (χ2v) is 14.6. The molecule has 0 saturated carbocycles. The maximum Gasteiger partial charge on any atom is 0.0541 e. The van der Waals surface area contributed by atoms with Crippen LogP contribution in [0.5, 0.6) is 0 Å². The van der Waals surface area contributed by atoms with Crippen molar-refractivity contribution in [1.82, 2.24) is 4.57 Å². The zero-order valence-corrected chi connectivity index (χ0v) is 33.5. The predicted octanol–water partition coefficient (Wildman–Crippen LogP) is 14.6. The molecule has 0 aliphatic heterocycles. The lowest BCUT2D eigenvalue weighted by atomic mass is 10.00. The summed E-state index contributed by atoms with van der Waals surface area (Å²) in [5.41, 5.74) is 15.5. The highest BCUT2D eigenvalue weighted by atomic mass is 15.1. The highest BCUT2D eigenvalue weighted by Gasteiger charge is 2.17. The molecule has 9 aromatic rings. The summed E-state index contributed by atoms with van der Waals surface area (Å²) in [6.07, 6.45) is 0. The second kappa shape index (κ2) is 16.2. The summed E-state index contributed by atoms with van der Waals surface area (Å²) >= 11 is 0. The van der Waals surface area contributed by atoms with Crippen molar-refractivity contribution in [3.63, 3.8) is 0 Å². The van der Waals surface area contributed by atoms with Gasteiger partial charge in [-0.25, -0.2) is 0 Å². The van der Waals surface area contributed by atoms with E-state index in [0.717, 1.165) is 25.3 Å². The molecule has 0 unspecified atom stereocenters. The van der Waals surface area contributed by atoms with Crippen molar-refractivity contribution in [3.8, 4) is 27.9 Å². The Hall–Kier alpha value is -7.04. The third-order valence-corrected chi connectivity index (χ3v) is 11.4. The number of rotatable bonds is 12. The molecule has 4 heteroatoms. The molecule has 4 nitrogen and oxygen atoms in total. The van der Waals surface area contributed by atoms with E-state index >= 15 is 0 Å². The van der Waals surface area contributed by atoms with Crippen molar-refractivity contribution in [1.29, 1.82) is 0 Å². The molecule has 9 rings (SSSR count). The largest absolute Gasteiger partial charge is 0.342 e. The fourth-order valence-electron chi connectivity index (χ4n) is 8.48. The zero-order chi connectivity index (χ0) is 39.4. The molecule has 0 atom stereocenters. The third-order valence-electron chi connectivity index (χ3n) is 11.4. The first-order valence-corrected chi connectivity index (χ1v) is 20.5. The molecule has 0 aliphatic rings. The van der Waals surface area contributed by atoms with Crippen LogP contribution in [0.15, 0.2) is 200 Å². The van der Waals surface area contributed by atoms with Gasteiger partial charge in [0.05, 0.1) is 11.0 Å². The Kier molecular flexibility index (Phi) is 10.2. The molecule has 1 aromatic heterocycles. The van der Waals surface area contributed by atoms with Crippen molar-refractivity contribution >= 4 is 55.9 Å². The third kappa shape index (κ3) is 6.99. The van der Waals surface area contributed by atoms with Crippen LogP contribution >= 0.6 is 0 Å². The fraction of sp³-hybridized carbons (Fsp3) is 0.111. The van der Waals surface area contributed by atoms with Crippen LogP contribution in [-0.2, 0) is 0 Å². The first kappa shape index (κ1) is 36.6. The van der Waals surface area contributed by atoms with Crippen LogP contribution in [0.25, 0.3) is 49.7 Å². The lowest BCUT2D eigenvalue weighted by molar-refractivity contribution is 1.02. The van der Waals surface area contributed by atoms with Crippen molar-refractivity contribution in [2.24, 2.45) is 0 Å². The summed E-state index contributed by atoms with van der Waals surface area (Å²) in [6, 6.07) is 72.8. The predicted molar refractivity (Wildman–Crippen MR) is 249 cm³/mol. The number of para-hydroxylation sites is 3. The minimum absolute atomic E-state index is 0.887. The van der Waals surface area contributed by atoms with Gasteiger partial charge in [-0.1, -0.05) is 91.0 Å². The number of hydrogen-bond acceptors (Lipinski definition) is 3. The summed E-state index contributed by atoms with van der Waals surface area (Å²) in [5.74, 6) is 0. The Bertz CT molecular complexity index is 2610. The molecule has 8 aromatic carbocycles. The van der Waals surface area contributed by atoms with Crippen LogP contribution in [0.4, 0.5) is 34.1 Å². The standard InChI is InChI=1S/C54H48N4/c1-4-55(44-16-10-7-11-17-44)47-28-22-40(23-29-47)42-26-36-53-51(38-42)52-39-43(41-24-30-48(31-25-41)56(5-2)45-18-12-8-13-19-45)27-37-54(52)58(53)50-34-32-49(33-35-50)57(6-3)46-20-14-9-15-21-46/h7-39H,4-6H2,1-3H3. The van der Waals surface area contributed by atoms with Crippen molar-refractivity contribution in [3.05, 3.63) is 200 Å². The number of fused-ring (bicyclic) bond motifs is 3. The van der Waals surface area contributed by atoms with Crippen molar-refractivity contribution in [2.75, 3.05) is 34.3 Å². The molecule has 1 heterocycles. The molecule has 0 N–H and O–H groups in total. The van der Waals surface area contributed by atoms with E-state index in [1.54, 1.807) is 0 Å². The summed E-state index contributed by atoms with van der Waals surface area (Å²) in [6.45, 7) is 9.29.